The van der Waals surface area contributed by atoms with E-state index in [2.05, 4.69) is 65.5 Å². The van der Waals surface area contributed by atoms with Crippen molar-refractivity contribution in [1.82, 2.24) is 20.4 Å². The zero-order valence-corrected chi connectivity index (χ0v) is 13.5. The molecule has 0 fully saturated rings. The van der Waals surface area contributed by atoms with E-state index in [9.17, 15) is 0 Å². The number of hydrogen-bond donors (Lipinski definition) is 2. The fraction of sp³-hybridized carbons (Fsp3) is 0.412. The van der Waals surface area contributed by atoms with Gasteiger partial charge in [0, 0.05) is 29.1 Å². The molecule has 1 atom stereocenters. The number of H-pyrrole nitrogens is 1. The molecule has 1 aromatic carbocycles. The average Bonchev–Trinajstić information content (AvgIpc) is 3.12. The molecule has 0 spiro atoms. The highest BCUT2D eigenvalue weighted by Crippen LogP contribution is 2.22. The Balaban J connectivity index is 1.71. The number of aromatic amines is 1. The highest BCUT2D eigenvalue weighted by Gasteiger charge is 2.23. The molecule has 5 heteroatoms. The van der Waals surface area contributed by atoms with Crippen molar-refractivity contribution < 1.29 is 4.52 Å². The molecule has 3 aromatic rings. The maximum atomic E-state index is 5.38. The molecule has 3 rings (SSSR count). The van der Waals surface area contributed by atoms with Crippen LogP contribution in [0, 0.1) is 0 Å². The van der Waals surface area contributed by atoms with Gasteiger partial charge in [-0.2, -0.15) is 4.98 Å². The Morgan fingerprint density at radius 3 is 2.82 bits per heavy atom. The predicted octanol–water partition coefficient (Wildman–Crippen LogP) is 3.70. The Labute approximate surface area is 130 Å². The van der Waals surface area contributed by atoms with Crippen LogP contribution >= 0.6 is 0 Å². The highest BCUT2D eigenvalue weighted by molar-refractivity contribution is 5.82. The second-order valence-corrected chi connectivity index (χ2v) is 6.66. The van der Waals surface area contributed by atoms with E-state index in [0.29, 0.717) is 5.89 Å². The van der Waals surface area contributed by atoms with Gasteiger partial charge in [0.2, 0.25) is 5.89 Å². The minimum absolute atomic E-state index is 0.0118. The monoisotopic (exact) mass is 298 g/mol. The number of aromatic nitrogens is 3. The van der Waals surface area contributed by atoms with Crippen LogP contribution in [0.2, 0.25) is 0 Å². The maximum Gasteiger partial charge on any atom is 0.243 e. The van der Waals surface area contributed by atoms with Crippen molar-refractivity contribution in [3.63, 3.8) is 0 Å². The Hall–Kier alpha value is -2.14. The normalized spacial score (nSPS) is 13.6. The van der Waals surface area contributed by atoms with Gasteiger partial charge in [0.15, 0.2) is 5.82 Å². The van der Waals surface area contributed by atoms with E-state index < -0.39 is 0 Å². The fourth-order valence-electron chi connectivity index (χ4n) is 2.37. The molecule has 2 heterocycles. The Morgan fingerprint density at radius 1 is 1.27 bits per heavy atom. The third-order valence-corrected chi connectivity index (χ3v) is 3.77. The van der Waals surface area contributed by atoms with E-state index in [0.717, 1.165) is 17.9 Å². The van der Waals surface area contributed by atoms with Crippen LogP contribution in [-0.4, -0.2) is 15.1 Å². The maximum absolute atomic E-state index is 5.38. The van der Waals surface area contributed by atoms with Gasteiger partial charge in [-0.1, -0.05) is 38.1 Å². The second kappa shape index (κ2) is 5.57. The van der Waals surface area contributed by atoms with Gasteiger partial charge in [0.1, 0.15) is 0 Å². The van der Waals surface area contributed by atoms with Crippen molar-refractivity contribution in [2.45, 2.75) is 45.7 Å². The van der Waals surface area contributed by atoms with Crippen LogP contribution in [0.25, 0.3) is 10.9 Å². The summed E-state index contributed by atoms with van der Waals surface area (Å²) in [6, 6.07) is 8.38. The molecule has 2 N–H and O–H groups in total. The van der Waals surface area contributed by atoms with Gasteiger partial charge in [0.25, 0.3) is 0 Å². The largest absolute Gasteiger partial charge is 0.361 e. The molecule has 0 aliphatic carbocycles. The molecule has 0 radical (unpaired) electrons. The number of rotatable bonds is 4. The summed E-state index contributed by atoms with van der Waals surface area (Å²) in [6.07, 6.45) is 1.96. The molecular formula is C17H22N4O. The van der Waals surface area contributed by atoms with Crippen LogP contribution < -0.4 is 5.32 Å². The van der Waals surface area contributed by atoms with Crippen molar-refractivity contribution in [2.24, 2.45) is 0 Å². The zero-order valence-electron chi connectivity index (χ0n) is 13.5. The van der Waals surface area contributed by atoms with E-state index in [1.165, 1.54) is 10.9 Å². The first kappa shape index (κ1) is 14.8. The summed E-state index contributed by atoms with van der Waals surface area (Å²) < 4.78 is 5.38. The lowest BCUT2D eigenvalue weighted by molar-refractivity contribution is 0.330. The smallest absolute Gasteiger partial charge is 0.243 e. The van der Waals surface area contributed by atoms with Crippen LogP contribution in [0.15, 0.2) is 35.0 Å². The zero-order chi connectivity index (χ0) is 15.7. The Kier molecular flexibility index (Phi) is 3.74. The van der Waals surface area contributed by atoms with E-state index in [4.69, 9.17) is 4.52 Å². The SMILES string of the molecule is CC(NCc1cccc2[nH]ccc12)c1nc(C(C)(C)C)no1. The molecule has 0 aliphatic heterocycles. The number of fused-ring (bicyclic) bond motifs is 1. The van der Waals surface area contributed by atoms with Crippen molar-refractivity contribution in [2.75, 3.05) is 0 Å². The van der Waals surface area contributed by atoms with Gasteiger partial charge >= 0.3 is 0 Å². The highest BCUT2D eigenvalue weighted by atomic mass is 16.5. The fourth-order valence-corrected chi connectivity index (χ4v) is 2.37. The van der Waals surface area contributed by atoms with Crippen LogP contribution in [0.1, 0.15) is 51.0 Å². The molecule has 0 saturated heterocycles. The molecule has 0 amide bonds. The van der Waals surface area contributed by atoms with Crippen molar-refractivity contribution in [1.29, 1.82) is 0 Å². The van der Waals surface area contributed by atoms with Crippen molar-refractivity contribution in [3.05, 3.63) is 47.7 Å². The molecule has 2 aromatic heterocycles. The molecule has 116 valence electrons. The molecule has 22 heavy (non-hydrogen) atoms. The summed E-state index contributed by atoms with van der Waals surface area (Å²) in [5.74, 6) is 1.37. The third-order valence-electron chi connectivity index (χ3n) is 3.77. The lowest BCUT2D eigenvalue weighted by Crippen LogP contribution is -2.19. The summed E-state index contributed by atoms with van der Waals surface area (Å²) >= 11 is 0. The minimum atomic E-state index is -0.0990. The number of hydrogen-bond acceptors (Lipinski definition) is 4. The van der Waals surface area contributed by atoms with Crippen LogP contribution in [-0.2, 0) is 12.0 Å². The van der Waals surface area contributed by atoms with Gasteiger partial charge in [-0.3, -0.25) is 0 Å². The summed E-state index contributed by atoms with van der Waals surface area (Å²) in [4.78, 5) is 7.73. The van der Waals surface area contributed by atoms with Crippen LogP contribution in [0.3, 0.4) is 0 Å². The standard InChI is InChI=1S/C17H22N4O/c1-11(15-20-16(21-22-15)17(2,3)4)19-10-12-6-5-7-14-13(12)8-9-18-14/h5-9,11,18-19H,10H2,1-4H3. The van der Waals surface area contributed by atoms with Crippen LogP contribution in [0.5, 0.6) is 0 Å². The predicted molar refractivity (Wildman–Crippen MR) is 86.6 cm³/mol. The molecular weight excluding hydrogens is 276 g/mol. The van der Waals surface area contributed by atoms with Gasteiger partial charge in [0.05, 0.1) is 6.04 Å². The first-order valence-corrected chi connectivity index (χ1v) is 7.57. The molecule has 0 saturated carbocycles. The minimum Gasteiger partial charge on any atom is -0.361 e. The number of nitrogens with one attached hydrogen (secondary N) is 2. The molecule has 0 aliphatic rings. The average molecular weight is 298 g/mol. The van der Waals surface area contributed by atoms with E-state index in [1.807, 2.05) is 13.1 Å². The summed E-state index contributed by atoms with van der Waals surface area (Å²) in [6.45, 7) is 9.02. The topological polar surface area (TPSA) is 66.7 Å². The van der Waals surface area contributed by atoms with Crippen molar-refractivity contribution in [3.8, 4) is 0 Å². The van der Waals surface area contributed by atoms with Gasteiger partial charge in [-0.15, -0.1) is 0 Å². The van der Waals surface area contributed by atoms with E-state index in [1.54, 1.807) is 0 Å². The van der Waals surface area contributed by atoms with Gasteiger partial charge in [-0.05, 0) is 24.6 Å². The van der Waals surface area contributed by atoms with Crippen LogP contribution in [0.4, 0.5) is 0 Å². The Bertz CT molecular complexity index is 766. The summed E-state index contributed by atoms with van der Waals surface area (Å²) in [7, 11) is 0. The van der Waals surface area contributed by atoms with E-state index >= 15 is 0 Å². The number of benzene rings is 1. The Morgan fingerprint density at radius 2 is 2.09 bits per heavy atom. The molecule has 0 bridgehead atoms. The quantitative estimate of drug-likeness (QED) is 0.770. The van der Waals surface area contributed by atoms with Crippen molar-refractivity contribution >= 4 is 10.9 Å². The first-order valence-electron chi connectivity index (χ1n) is 7.57. The molecule has 1 unspecified atom stereocenters. The van der Waals surface area contributed by atoms with E-state index in [-0.39, 0.29) is 11.5 Å². The van der Waals surface area contributed by atoms with Gasteiger partial charge in [-0.25, -0.2) is 0 Å². The first-order chi connectivity index (χ1) is 10.4. The second-order valence-electron chi connectivity index (χ2n) is 6.66. The lowest BCUT2D eigenvalue weighted by atomic mass is 9.96. The lowest BCUT2D eigenvalue weighted by Gasteiger charge is -2.12. The number of nitrogens with zero attached hydrogens (tertiary/aromatic N) is 2. The third kappa shape index (κ3) is 2.90. The summed E-state index contributed by atoms with van der Waals surface area (Å²) in [5.41, 5.74) is 2.30. The van der Waals surface area contributed by atoms with Gasteiger partial charge < -0.3 is 14.8 Å². The summed E-state index contributed by atoms with van der Waals surface area (Å²) in [5, 5.41) is 8.76. The molecule has 5 nitrogen and oxygen atoms in total.